The molecule has 2 heterocycles. The van der Waals surface area contributed by atoms with Gasteiger partial charge in [0.15, 0.2) is 5.96 Å². The molecule has 1 aromatic carbocycles. The van der Waals surface area contributed by atoms with E-state index < -0.39 is 6.61 Å². The van der Waals surface area contributed by atoms with Gasteiger partial charge in [-0.25, -0.2) is 0 Å². The van der Waals surface area contributed by atoms with Crippen molar-refractivity contribution in [2.24, 2.45) is 4.99 Å². The van der Waals surface area contributed by atoms with Gasteiger partial charge in [-0.15, -0.1) is 0 Å². The van der Waals surface area contributed by atoms with Gasteiger partial charge in [0.05, 0.1) is 18.4 Å². The third-order valence-electron chi connectivity index (χ3n) is 5.01. The summed E-state index contributed by atoms with van der Waals surface area (Å²) in [5.74, 6) is 0.931. The van der Waals surface area contributed by atoms with Crippen LogP contribution in [0.25, 0.3) is 0 Å². The van der Waals surface area contributed by atoms with Crippen LogP contribution in [0.1, 0.15) is 6.42 Å². The average molecular weight is 397 g/mol. The third kappa shape index (κ3) is 5.68. The van der Waals surface area contributed by atoms with Crippen LogP contribution in [0.15, 0.2) is 29.3 Å². The number of nitrogens with one attached hydrogen (secondary N) is 2. The molecular formula is C19H29F2N5O2. The van der Waals surface area contributed by atoms with Crippen molar-refractivity contribution in [1.82, 2.24) is 15.5 Å². The summed E-state index contributed by atoms with van der Waals surface area (Å²) < 4.78 is 35.7. The van der Waals surface area contributed by atoms with Crippen LogP contribution in [0.3, 0.4) is 0 Å². The number of benzene rings is 1. The molecule has 3 rings (SSSR count). The molecule has 2 unspecified atom stereocenters. The summed E-state index contributed by atoms with van der Waals surface area (Å²) in [4.78, 5) is 8.60. The van der Waals surface area contributed by atoms with E-state index in [4.69, 9.17) is 4.74 Å². The summed E-state index contributed by atoms with van der Waals surface area (Å²) in [6, 6.07) is 7.08. The van der Waals surface area contributed by atoms with Gasteiger partial charge in [-0.1, -0.05) is 12.1 Å². The minimum atomic E-state index is -2.83. The second-order valence-corrected chi connectivity index (χ2v) is 7.13. The van der Waals surface area contributed by atoms with Gasteiger partial charge in [-0.2, -0.15) is 8.78 Å². The molecule has 28 heavy (non-hydrogen) atoms. The monoisotopic (exact) mass is 397 g/mol. The molecule has 2 aliphatic heterocycles. The van der Waals surface area contributed by atoms with Gasteiger partial charge in [0, 0.05) is 45.8 Å². The average Bonchev–Trinajstić information content (AvgIpc) is 3.13. The first-order chi connectivity index (χ1) is 13.5. The Hall–Kier alpha value is -2.13. The second-order valence-electron chi connectivity index (χ2n) is 7.13. The Morgan fingerprint density at radius 3 is 2.89 bits per heavy atom. The fraction of sp³-hybridized carbons (Fsp3) is 0.632. The molecule has 9 heteroatoms. The molecular weight excluding hydrogens is 368 g/mol. The minimum Gasteiger partial charge on any atom is -0.433 e. The summed E-state index contributed by atoms with van der Waals surface area (Å²) >= 11 is 0. The Morgan fingerprint density at radius 2 is 2.14 bits per heavy atom. The molecule has 2 atom stereocenters. The van der Waals surface area contributed by atoms with Gasteiger partial charge >= 0.3 is 6.61 Å². The number of hydrogen-bond donors (Lipinski definition) is 2. The van der Waals surface area contributed by atoms with Crippen LogP contribution in [-0.4, -0.2) is 83.0 Å². The molecule has 156 valence electrons. The molecule has 0 bridgehead atoms. The highest BCUT2D eigenvalue weighted by Gasteiger charge is 2.26. The zero-order valence-electron chi connectivity index (χ0n) is 16.4. The number of anilines is 1. The summed E-state index contributed by atoms with van der Waals surface area (Å²) in [6.45, 7) is 1.89. The number of alkyl halides is 2. The minimum absolute atomic E-state index is 0.135. The summed E-state index contributed by atoms with van der Waals surface area (Å²) in [5, 5.41) is 6.74. The number of hydrogen-bond acceptors (Lipinski definition) is 5. The van der Waals surface area contributed by atoms with E-state index >= 15 is 0 Å². The van der Waals surface area contributed by atoms with Gasteiger partial charge in [-0.3, -0.25) is 4.99 Å². The van der Waals surface area contributed by atoms with Crippen molar-refractivity contribution in [3.63, 3.8) is 0 Å². The normalized spacial score (nSPS) is 23.9. The van der Waals surface area contributed by atoms with Crippen molar-refractivity contribution in [3.8, 4) is 5.75 Å². The van der Waals surface area contributed by atoms with E-state index in [2.05, 4.69) is 37.2 Å². The molecule has 0 aromatic heterocycles. The van der Waals surface area contributed by atoms with Crippen LogP contribution in [0.5, 0.6) is 5.75 Å². The number of rotatable bonds is 6. The number of nitrogens with zero attached hydrogens (tertiary/aromatic N) is 3. The van der Waals surface area contributed by atoms with E-state index in [1.54, 1.807) is 19.2 Å². The number of aliphatic imine (C=N–C) groups is 1. The topological polar surface area (TPSA) is 61.4 Å². The SMILES string of the molecule is CN=C(NCC1CN(C)CCO1)NC1CCN(c2ccccc2OC(F)F)C1. The maximum absolute atomic E-state index is 12.7. The molecule has 0 spiro atoms. The highest BCUT2D eigenvalue weighted by Crippen LogP contribution is 2.31. The van der Waals surface area contributed by atoms with Crippen molar-refractivity contribution < 1.29 is 18.3 Å². The maximum Gasteiger partial charge on any atom is 0.387 e. The third-order valence-corrected chi connectivity index (χ3v) is 5.01. The van der Waals surface area contributed by atoms with Crippen molar-refractivity contribution in [2.45, 2.75) is 25.2 Å². The summed E-state index contributed by atoms with van der Waals surface area (Å²) in [6.07, 6.45) is 1.02. The molecule has 2 saturated heterocycles. The van der Waals surface area contributed by atoms with Crippen LogP contribution < -0.4 is 20.3 Å². The summed E-state index contributed by atoms with van der Waals surface area (Å²) in [5.41, 5.74) is 0.689. The van der Waals surface area contributed by atoms with Gasteiger partial charge in [-0.05, 0) is 25.6 Å². The maximum atomic E-state index is 12.7. The summed E-state index contributed by atoms with van der Waals surface area (Å²) in [7, 11) is 3.83. The van der Waals surface area contributed by atoms with Crippen LogP contribution in [0.4, 0.5) is 14.5 Å². The van der Waals surface area contributed by atoms with Gasteiger partial charge in [0.25, 0.3) is 0 Å². The van der Waals surface area contributed by atoms with Crippen LogP contribution in [-0.2, 0) is 4.74 Å². The standard InChI is InChI=1S/C19H29F2N5O2/c1-22-19(23-11-15-13-25(2)9-10-27-15)24-14-7-8-26(12-14)16-5-3-4-6-17(16)28-18(20)21/h3-6,14-15,18H,7-13H2,1-2H3,(H2,22,23,24). The smallest absolute Gasteiger partial charge is 0.387 e. The van der Waals surface area contributed by atoms with Crippen molar-refractivity contribution in [1.29, 1.82) is 0 Å². The van der Waals surface area contributed by atoms with E-state index in [0.717, 1.165) is 38.6 Å². The molecule has 0 amide bonds. The first-order valence-electron chi connectivity index (χ1n) is 9.61. The van der Waals surface area contributed by atoms with E-state index in [9.17, 15) is 8.78 Å². The number of halogens is 2. The Balaban J connectivity index is 1.51. The van der Waals surface area contributed by atoms with E-state index in [-0.39, 0.29) is 17.9 Å². The predicted octanol–water partition coefficient (Wildman–Crippen LogP) is 1.36. The van der Waals surface area contributed by atoms with Crippen molar-refractivity contribution in [2.75, 3.05) is 58.3 Å². The number of likely N-dealkylation sites (N-methyl/N-ethyl adjacent to an activating group) is 1. The number of guanidine groups is 1. The molecule has 1 aromatic rings. The van der Waals surface area contributed by atoms with Crippen LogP contribution in [0, 0.1) is 0 Å². The lowest BCUT2D eigenvalue weighted by atomic mass is 10.2. The lowest BCUT2D eigenvalue weighted by Crippen LogP contribution is -2.50. The zero-order chi connectivity index (χ0) is 19.9. The molecule has 0 radical (unpaired) electrons. The second kappa shape index (κ2) is 9.88. The quantitative estimate of drug-likeness (QED) is 0.559. The lowest BCUT2D eigenvalue weighted by molar-refractivity contribution is -0.0495. The number of morpholine rings is 1. The molecule has 7 nitrogen and oxygen atoms in total. The Labute approximate surface area is 164 Å². The predicted molar refractivity (Wildman–Crippen MR) is 105 cm³/mol. The highest BCUT2D eigenvalue weighted by molar-refractivity contribution is 5.80. The first kappa shape index (κ1) is 20.6. The molecule has 0 aliphatic carbocycles. The first-order valence-corrected chi connectivity index (χ1v) is 9.61. The zero-order valence-corrected chi connectivity index (χ0v) is 16.4. The fourth-order valence-electron chi connectivity index (χ4n) is 3.60. The molecule has 2 fully saturated rings. The van der Waals surface area contributed by atoms with E-state index in [1.807, 2.05) is 12.1 Å². The fourth-order valence-corrected chi connectivity index (χ4v) is 3.60. The molecule has 0 saturated carbocycles. The van der Waals surface area contributed by atoms with Crippen molar-refractivity contribution >= 4 is 11.6 Å². The Morgan fingerprint density at radius 1 is 1.32 bits per heavy atom. The molecule has 2 aliphatic rings. The van der Waals surface area contributed by atoms with Crippen LogP contribution in [0.2, 0.25) is 0 Å². The number of ether oxygens (including phenoxy) is 2. The van der Waals surface area contributed by atoms with Gasteiger partial charge in [0.2, 0.25) is 0 Å². The van der Waals surface area contributed by atoms with Gasteiger partial charge in [0.1, 0.15) is 5.75 Å². The van der Waals surface area contributed by atoms with Crippen molar-refractivity contribution in [3.05, 3.63) is 24.3 Å². The molecule has 2 N–H and O–H groups in total. The Bertz CT molecular complexity index is 661. The largest absolute Gasteiger partial charge is 0.433 e. The lowest BCUT2D eigenvalue weighted by Gasteiger charge is -2.30. The highest BCUT2D eigenvalue weighted by atomic mass is 19.3. The van der Waals surface area contributed by atoms with E-state index in [0.29, 0.717) is 18.8 Å². The van der Waals surface area contributed by atoms with E-state index in [1.165, 1.54) is 0 Å². The van der Waals surface area contributed by atoms with Crippen LogP contribution >= 0.6 is 0 Å². The number of para-hydroxylation sites is 2. The Kier molecular flexibility index (Phi) is 7.27. The van der Waals surface area contributed by atoms with Gasteiger partial charge < -0.3 is 29.9 Å².